The molecule has 2 saturated heterocycles. The Morgan fingerprint density at radius 1 is 1.29 bits per heavy atom. The summed E-state index contributed by atoms with van der Waals surface area (Å²) in [6.07, 6.45) is 0.212. The van der Waals surface area contributed by atoms with Gasteiger partial charge in [0.1, 0.15) is 15.9 Å². The number of sulfone groups is 1. The first-order valence-corrected chi connectivity index (χ1v) is 10.2. The Balaban J connectivity index is 2.19. The Morgan fingerprint density at radius 2 is 1.90 bits per heavy atom. The molecule has 0 aromatic carbocycles. The molecule has 0 spiro atoms. The third-order valence-corrected chi connectivity index (χ3v) is 8.11. The van der Waals surface area contributed by atoms with E-state index < -0.39 is 31.2 Å². The quantitative estimate of drug-likeness (QED) is 0.610. The van der Waals surface area contributed by atoms with Gasteiger partial charge >= 0.3 is 0 Å². The van der Waals surface area contributed by atoms with Crippen LogP contribution in [0.2, 0.25) is 0 Å². The van der Waals surface area contributed by atoms with Crippen molar-refractivity contribution >= 4 is 25.8 Å². The second-order valence-electron chi connectivity index (χ2n) is 5.34. The smallest absolute Gasteiger partial charge is 0.239 e. The maximum absolute atomic E-state index is 12.7. The lowest BCUT2D eigenvalue weighted by Gasteiger charge is -2.37. The van der Waals surface area contributed by atoms with E-state index >= 15 is 0 Å². The standard InChI is InChI=1S/C11H21N3O5S2/c1-12-11(15)10-8-13-4-5-14(10)21(18,19)9-2-6-20(16,17)7-3-9/h9-10,13H,2-8H2,1H3,(H,12,15). The topological polar surface area (TPSA) is 113 Å². The highest BCUT2D eigenvalue weighted by atomic mass is 32.2. The summed E-state index contributed by atoms with van der Waals surface area (Å²) in [7, 11) is -5.32. The summed E-state index contributed by atoms with van der Waals surface area (Å²) in [4.78, 5) is 11.9. The van der Waals surface area contributed by atoms with Crippen LogP contribution in [0.3, 0.4) is 0 Å². The fraction of sp³-hybridized carbons (Fsp3) is 0.909. The highest BCUT2D eigenvalue weighted by Crippen LogP contribution is 2.24. The Bertz CT molecular complexity index is 587. The number of hydrogen-bond donors (Lipinski definition) is 2. The van der Waals surface area contributed by atoms with Crippen LogP contribution in [0, 0.1) is 0 Å². The molecule has 122 valence electrons. The monoisotopic (exact) mass is 339 g/mol. The number of carbonyl (C=O) groups excluding carboxylic acids is 1. The molecule has 1 amide bonds. The van der Waals surface area contributed by atoms with E-state index in [-0.39, 0.29) is 43.3 Å². The first-order chi connectivity index (χ1) is 9.78. The molecular formula is C11H21N3O5S2. The number of hydrogen-bond acceptors (Lipinski definition) is 6. The summed E-state index contributed by atoms with van der Waals surface area (Å²) in [6, 6.07) is -0.771. The van der Waals surface area contributed by atoms with Gasteiger partial charge in [-0.2, -0.15) is 4.31 Å². The zero-order chi connectivity index (χ0) is 15.7. The van der Waals surface area contributed by atoms with Crippen LogP contribution in [0.25, 0.3) is 0 Å². The van der Waals surface area contributed by atoms with Crippen molar-refractivity contribution in [1.82, 2.24) is 14.9 Å². The average molecular weight is 339 g/mol. The molecule has 0 bridgehead atoms. The van der Waals surface area contributed by atoms with E-state index in [1.165, 1.54) is 11.4 Å². The van der Waals surface area contributed by atoms with Crippen LogP contribution in [0.1, 0.15) is 12.8 Å². The first kappa shape index (κ1) is 16.7. The second kappa shape index (κ2) is 6.19. The molecule has 0 radical (unpaired) electrons. The molecule has 1 unspecified atom stereocenters. The largest absolute Gasteiger partial charge is 0.358 e. The van der Waals surface area contributed by atoms with Gasteiger partial charge < -0.3 is 10.6 Å². The van der Waals surface area contributed by atoms with E-state index in [0.29, 0.717) is 6.54 Å². The van der Waals surface area contributed by atoms with E-state index in [4.69, 9.17) is 0 Å². The zero-order valence-electron chi connectivity index (χ0n) is 11.9. The molecule has 8 nitrogen and oxygen atoms in total. The number of amides is 1. The van der Waals surface area contributed by atoms with Gasteiger partial charge in [0.05, 0.1) is 16.8 Å². The van der Waals surface area contributed by atoms with Crippen molar-refractivity contribution in [2.45, 2.75) is 24.1 Å². The summed E-state index contributed by atoms with van der Waals surface area (Å²) in [5, 5.41) is 4.76. The molecule has 2 rings (SSSR count). The lowest BCUT2D eigenvalue weighted by molar-refractivity contribution is -0.124. The van der Waals surface area contributed by atoms with Gasteiger partial charge in [-0.3, -0.25) is 4.79 Å². The summed E-state index contributed by atoms with van der Waals surface area (Å²) in [6.45, 7) is 0.978. The Hall–Kier alpha value is -0.710. The molecule has 2 heterocycles. The summed E-state index contributed by atoms with van der Waals surface area (Å²) in [5.41, 5.74) is 0. The van der Waals surface area contributed by atoms with Gasteiger partial charge in [0.2, 0.25) is 15.9 Å². The molecule has 0 aliphatic carbocycles. The predicted octanol–water partition coefficient (Wildman–Crippen LogP) is -2.09. The maximum atomic E-state index is 12.7. The number of likely N-dealkylation sites (N-methyl/N-ethyl adjacent to an activating group) is 1. The van der Waals surface area contributed by atoms with Crippen molar-refractivity contribution in [3.8, 4) is 0 Å². The van der Waals surface area contributed by atoms with Crippen LogP contribution in [-0.4, -0.2) is 76.5 Å². The number of rotatable bonds is 3. The third-order valence-electron chi connectivity index (χ3n) is 3.99. The van der Waals surface area contributed by atoms with Crippen LogP contribution in [0.15, 0.2) is 0 Å². The highest BCUT2D eigenvalue weighted by molar-refractivity contribution is 7.92. The first-order valence-electron chi connectivity index (χ1n) is 6.91. The SMILES string of the molecule is CNC(=O)C1CNCCN1S(=O)(=O)C1CCS(=O)(=O)CC1. The number of nitrogens with zero attached hydrogens (tertiary/aromatic N) is 1. The van der Waals surface area contributed by atoms with Crippen molar-refractivity contribution in [3.63, 3.8) is 0 Å². The number of carbonyl (C=O) groups is 1. The van der Waals surface area contributed by atoms with Crippen molar-refractivity contribution in [1.29, 1.82) is 0 Å². The summed E-state index contributed by atoms with van der Waals surface area (Å²) in [5.74, 6) is -0.560. The minimum atomic E-state index is -3.67. The molecule has 2 aliphatic heterocycles. The lowest BCUT2D eigenvalue weighted by atomic mass is 10.2. The van der Waals surface area contributed by atoms with E-state index in [1.807, 2.05) is 0 Å². The van der Waals surface area contributed by atoms with Gasteiger partial charge in [-0.15, -0.1) is 0 Å². The minimum Gasteiger partial charge on any atom is -0.358 e. The van der Waals surface area contributed by atoms with Crippen LogP contribution >= 0.6 is 0 Å². The minimum absolute atomic E-state index is 0.104. The molecule has 0 aromatic rings. The van der Waals surface area contributed by atoms with Crippen molar-refractivity contribution < 1.29 is 21.6 Å². The van der Waals surface area contributed by atoms with Crippen LogP contribution in [-0.2, 0) is 24.7 Å². The van der Waals surface area contributed by atoms with E-state index in [2.05, 4.69) is 10.6 Å². The van der Waals surface area contributed by atoms with Gasteiger partial charge in [-0.1, -0.05) is 0 Å². The molecule has 21 heavy (non-hydrogen) atoms. The molecular weight excluding hydrogens is 318 g/mol. The van der Waals surface area contributed by atoms with E-state index in [9.17, 15) is 21.6 Å². The Kier molecular flexibility index (Phi) is 4.91. The van der Waals surface area contributed by atoms with Crippen LogP contribution in [0.5, 0.6) is 0 Å². The average Bonchev–Trinajstić information content (AvgIpc) is 2.46. The third kappa shape index (κ3) is 3.55. The second-order valence-corrected chi connectivity index (χ2v) is 9.81. The van der Waals surface area contributed by atoms with Crippen molar-refractivity contribution in [2.75, 3.05) is 38.2 Å². The lowest BCUT2D eigenvalue weighted by Crippen LogP contribution is -2.61. The predicted molar refractivity (Wildman–Crippen MR) is 78.0 cm³/mol. The molecule has 0 aromatic heterocycles. The zero-order valence-corrected chi connectivity index (χ0v) is 13.5. The van der Waals surface area contributed by atoms with Crippen molar-refractivity contribution in [2.24, 2.45) is 0 Å². The van der Waals surface area contributed by atoms with Gasteiger partial charge in [-0.25, -0.2) is 16.8 Å². The van der Waals surface area contributed by atoms with Gasteiger partial charge in [-0.05, 0) is 12.8 Å². The summed E-state index contributed by atoms with van der Waals surface area (Å²) < 4.78 is 49.5. The van der Waals surface area contributed by atoms with Crippen LogP contribution in [0.4, 0.5) is 0 Å². The van der Waals surface area contributed by atoms with Gasteiger partial charge in [0.25, 0.3) is 0 Å². The van der Waals surface area contributed by atoms with E-state index in [1.54, 1.807) is 0 Å². The molecule has 1 atom stereocenters. The molecule has 0 saturated carbocycles. The summed E-state index contributed by atoms with van der Waals surface area (Å²) >= 11 is 0. The number of piperazine rings is 1. The molecule has 2 aliphatic rings. The fourth-order valence-electron chi connectivity index (χ4n) is 2.74. The van der Waals surface area contributed by atoms with E-state index in [0.717, 1.165) is 0 Å². The fourth-order valence-corrected chi connectivity index (χ4v) is 6.61. The normalized spacial score (nSPS) is 28.1. The van der Waals surface area contributed by atoms with Gasteiger partial charge in [0.15, 0.2) is 0 Å². The molecule has 2 N–H and O–H groups in total. The highest BCUT2D eigenvalue weighted by Gasteiger charge is 2.42. The number of nitrogens with one attached hydrogen (secondary N) is 2. The van der Waals surface area contributed by atoms with Crippen LogP contribution < -0.4 is 10.6 Å². The Morgan fingerprint density at radius 3 is 2.48 bits per heavy atom. The van der Waals surface area contributed by atoms with Gasteiger partial charge in [0, 0.05) is 26.7 Å². The molecule has 2 fully saturated rings. The van der Waals surface area contributed by atoms with Crippen molar-refractivity contribution in [3.05, 3.63) is 0 Å². The number of sulfonamides is 1. The molecule has 10 heteroatoms. The maximum Gasteiger partial charge on any atom is 0.239 e. The Labute approximate surface area is 125 Å².